The fraction of sp³-hybridized carbons (Fsp3) is 0.571. The first-order valence-corrected chi connectivity index (χ1v) is 14.0. The summed E-state index contributed by atoms with van der Waals surface area (Å²) in [6.07, 6.45) is 6.78. The normalized spacial score (nSPS) is 24.0. The summed E-state index contributed by atoms with van der Waals surface area (Å²) >= 11 is 0. The van der Waals surface area contributed by atoms with Crippen molar-refractivity contribution in [1.82, 2.24) is 20.1 Å². The molecule has 41 heavy (non-hydrogen) atoms. The number of hydrogen-bond acceptors (Lipinski definition) is 10. The fourth-order valence-electron chi connectivity index (χ4n) is 5.93. The number of anilines is 2. The van der Waals surface area contributed by atoms with Crippen LogP contribution in [0.3, 0.4) is 0 Å². The first kappa shape index (κ1) is 27.7. The third-order valence-electron chi connectivity index (χ3n) is 8.74. The van der Waals surface area contributed by atoms with Gasteiger partial charge in [0, 0.05) is 44.2 Å². The van der Waals surface area contributed by atoms with E-state index in [1.54, 1.807) is 24.2 Å². The van der Waals surface area contributed by atoms with Gasteiger partial charge in [0.05, 0.1) is 18.5 Å². The highest BCUT2D eigenvalue weighted by atomic mass is 19.2. The maximum absolute atomic E-state index is 14.3. The Balaban J connectivity index is 1.02. The van der Waals surface area contributed by atoms with Gasteiger partial charge in [-0.1, -0.05) is 5.16 Å². The monoisotopic (exact) mass is 573 g/mol. The molecular formula is C28H34F3N7O3. The molecule has 1 aromatic carbocycles. The first-order valence-electron chi connectivity index (χ1n) is 14.0. The number of nitrogens with two attached hydrogens (primary N) is 1. The van der Waals surface area contributed by atoms with E-state index in [4.69, 9.17) is 15.0 Å². The number of aromatic nitrogens is 4. The van der Waals surface area contributed by atoms with Crippen molar-refractivity contribution in [2.45, 2.75) is 63.2 Å². The summed E-state index contributed by atoms with van der Waals surface area (Å²) in [5.41, 5.74) is 5.21. The highest BCUT2D eigenvalue weighted by Crippen LogP contribution is 2.44. The van der Waals surface area contributed by atoms with Crippen LogP contribution in [0.5, 0.6) is 5.75 Å². The summed E-state index contributed by atoms with van der Waals surface area (Å²) in [6.45, 7) is 5.85. The van der Waals surface area contributed by atoms with Gasteiger partial charge in [-0.15, -0.1) is 0 Å². The number of nitrogens with zero attached hydrogens (tertiary/aromatic N) is 6. The van der Waals surface area contributed by atoms with Gasteiger partial charge in [0.1, 0.15) is 11.4 Å². The molecule has 2 saturated heterocycles. The van der Waals surface area contributed by atoms with E-state index in [-0.39, 0.29) is 24.1 Å². The molecule has 1 aliphatic carbocycles. The van der Waals surface area contributed by atoms with Crippen LogP contribution in [0.4, 0.5) is 25.1 Å². The number of hydrogen-bond donors (Lipinski definition) is 2. The second-order valence-corrected chi connectivity index (χ2v) is 11.7. The first-order chi connectivity index (χ1) is 19.6. The molecule has 0 radical (unpaired) electrons. The van der Waals surface area contributed by atoms with Crippen molar-refractivity contribution in [3.8, 4) is 5.75 Å². The van der Waals surface area contributed by atoms with Gasteiger partial charge in [-0.25, -0.2) is 23.1 Å². The van der Waals surface area contributed by atoms with Gasteiger partial charge in [-0.05, 0) is 63.0 Å². The molecule has 3 fully saturated rings. The molecule has 4 heterocycles. The van der Waals surface area contributed by atoms with E-state index in [0.29, 0.717) is 42.1 Å². The number of benzene rings is 1. The zero-order valence-electron chi connectivity index (χ0n) is 23.0. The van der Waals surface area contributed by atoms with E-state index < -0.39 is 35.0 Å². The van der Waals surface area contributed by atoms with Crippen LogP contribution in [0.15, 0.2) is 29.0 Å². The van der Waals surface area contributed by atoms with Gasteiger partial charge in [-0.3, -0.25) is 0 Å². The maximum atomic E-state index is 14.3. The van der Waals surface area contributed by atoms with E-state index in [0.717, 1.165) is 44.8 Å². The molecule has 0 bridgehead atoms. The molecule has 0 unspecified atom stereocenters. The Bertz CT molecular complexity index is 1380. The summed E-state index contributed by atoms with van der Waals surface area (Å²) in [7, 11) is 0. The number of halogens is 3. The molecule has 10 nitrogen and oxygen atoms in total. The van der Waals surface area contributed by atoms with Gasteiger partial charge in [0.25, 0.3) is 0 Å². The van der Waals surface area contributed by atoms with Gasteiger partial charge in [0.15, 0.2) is 17.4 Å². The molecule has 0 amide bonds. The van der Waals surface area contributed by atoms with Gasteiger partial charge < -0.3 is 29.9 Å². The molecule has 3 aliphatic rings. The minimum atomic E-state index is -1.23. The largest absolute Gasteiger partial charge is 0.487 e. The Morgan fingerprint density at radius 2 is 1.71 bits per heavy atom. The van der Waals surface area contributed by atoms with Crippen LogP contribution < -0.4 is 20.3 Å². The van der Waals surface area contributed by atoms with Crippen molar-refractivity contribution in [3.05, 3.63) is 53.4 Å². The molecule has 2 aromatic heterocycles. The predicted molar refractivity (Wildman–Crippen MR) is 143 cm³/mol. The average Bonchev–Trinajstić information content (AvgIpc) is 3.58. The van der Waals surface area contributed by atoms with Crippen LogP contribution in [0.1, 0.15) is 56.8 Å². The van der Waals surface area contributed by atoms with Gasteiger partial charge in [0.2, 0.25) is 11.8 Å². The van der Waals surface area contributed by atoms with Crippen molar-refractivity contribution in [2.75, 3.05) is 36.0 Å². The number of piperidine rings is 1. The molecule has 0 spiro atoms. The maximum Gasteiger partial charge on any atom is 0.324 e. The molecule has 1 saturated carbocycles. The van der Waals surface area contributed by atoms with Crippen LogP contribution in [0.25, 0.3) is 0 Å². The van der Waals surface area contributed by atoms with Crippen molar-refractivity contribution in [1.29, 1.82) is 0 Å². The Morgan fingerprint density at radius 3 is 2.39 bits per heavy atom. The SMILES string of the molecule is C[C@H](Oc1cnc(N2C[C@H](c3cc(F)c(F)cc3F)[C@@H](N)C2)nc1)C1CCN(c2nc([C@@](C)(O)C3CC3)no2)CC1. The topological polar surface area (TPSA) is 127 Å². The Hall–Kier alpha value is -3.45. The lowest BCUT2D eigenvalue weighted by atomic mass is 9.92. The van der Waals surface area contributed by atoms with E-state index in [1.165, 1.54) is 0 Å². The summed E-state index contributed by atoms with van der Waals surface area (Å²) in [5, 5.41) is 14.7. The lowest BCUT2D eigenvalue weighted by Crippen LogP contribution is -2.39. The molecule has 4 atom stereocenters. The smallest absolute Gasteiger partial charge is 0.324 e. The predicted octanol–water partition coefficient (Wildman–Crippen LogP) is 3.51. The lowest BCUT2D eigenvalue weighted by molar-refractivity contribution is 0.0218. The van der Waals surface area contributed by atoms with Crippen molar-refractivity contribution in [2.24, 2.45) is 17.6 Å². The molecular weight excluding hydrogens is 539 g/mol. The van der Waals surface area contributed by atoms with E-state index in [2.05, 4.69) is 20.1 Å². The Morgan fingerprint density at radius 1 is 1.02 bits per heavy atom. The second kappa shape index (κ2) is 10.8. The third-order valence-corrected chi connectivity index (χ3v) is 8.74. The molecule has 2 aliphatic heterocycles. The van der Waals surface area contributed by atoms with E-state index >= 15 is 0 Å². The van der Waals surface area contributed by atoms with Gasteiger partial charge >= 0.3 is 6.01 Å². The standard InChI is InChI=1S/C28H34F3N7O3/c1-15(16-5-7-37(8-6-16)27-35-25(36-41-27)28(2,39)17-3-4-17)40-18-11-33-26(34-12-18)38-13-20(24(32)14-38)19-9-22(30)23(31)10-21(19)29/h9-12,15-17,20,24,39H,3-8,13-14,32H2,1-2H3/t15-,20+,24-,28-/m0/s1. The van der Waals surface area contributed by atoms with Crippen molar-refractivity contribution >= 4 is 12.0 Å². The number of aliphatic hydroxyl groups is 1. The van der Waals surface area contributed by atoms with E-state index in [1.807, 2.05) is 11.8 Å². The Labute approximate surface area is 235 Å². The number of rotatable bonds is 8. The fourth-order valence-corrected chi connectivity index (χ4v) is 5.93. The van der Waals surface area contributed by atoms with Crippen LogP contribution in [0, 0.1) is 29.3 Å². The third kappa shape index (κ3) is 5.56. The summed E-state index contributed by atoms with van der Waals surface area (Å²) < 4.78 is 53.1. The van der Waals surface area contributed by atoms with Crippen molar-refractivity contribution < 1.29 is 27.5 Å². The van der Waals surface area contributed by atoms with Crippen LogP contribution >= 0.6 is 0 Å². The molecule has 220 valence electrons. The van der Waals surface area contributed by atoms with Gasteiger partial charge in [-0.2, -0.15) is 4.98 Å². The zero-order chi connectivity index (χ0) is 28.9. The van der Waals surface area contributed by atoms with Crippen LogP contribution in [-0.4, -0.2) is 63.5 Å². The van der Waals surface area contributed by atoms with Crippen molar-refractivity contribution in [3.63, 3.8) is 0 Å². The molecule has 6 rings (SSSR count). The zero-order valence-corrected chi connectivity index (χ0v) is 23.0. The summed E-state index contributed by atoms with van der Waals surface area (Å²) in [4.78, 5) is 17.1. The summed E-state index contributed by atoms with van der Waals surface area (Å²) in [5.74, 6) is -1.92. The molecule has 3 N–H and O–H groups in total. The quantitative estimate of drug-likeness (QED) is 0.387. The second-order valence-electron chi connectivity index (χ2n) is 11.7. The van der Waals surface area contributed by atoms with Crippen LogP contribution in [-0.2, 0) is 5.60 Å². The summed E-state index contributed by atoms with van der Waals surface area (Å²) in [6, 6.07) is 1.37. The molecule has 13 heteroatoms. The van der Waals surface area contributed by atoms with Crippen LogP contribution in [0.2, 0.25) is 0 Å². The minimum Gasteiger partial charge on any atom is -0.487 e. The minimum absolute atomic E-state index is 0.0448. The highest BCUT2D eigenvalue weighted by molar-refractivity contribution is 5.39. The molecule has 3 aromatic rings. The average molecular weight is 574 g/mol. The lowest BCUT2D eigenvalue weighted by Gasteiger charge is -2.33. The Kier molecular flexibility index (Phi) is 7.26. The van der Waals surface area contributed by atoms with E-state index in [9.17, 15) is 18.3 Å². The highest BCUT2D eigenvalue weighted by Gasteiger charge is 2.45. The number of ether oxygens (including phenoxy) is 1.